The molecule has 0 bridgehead atoms. The minimum Gasteiger partial charge on any atom is -0.378 e. The van der Waals surface area contributed by atoms with Crippen molar-refractivity contribution in [1.82, 2.24) is 45.5 Å². The number of thioether (sulfide) groups is 2. The molecule has 0 aliphatic carbocycles. The van der Waals surface area contributed by atoms with E-state index < -0.39 is 5.91 Å². The summed E-state index contributed by atoms with van der Waals surface area (Å²) < 4.78 is 7.70. The van der Waals surface area contributed by atoms with Crippen molar-refractivity contribution in [2.24, 2.45) is 12.1 Å². The Hall–Kier alpha value is -3.72. The Morgan fingerprint density at radius 3 is 2.75 bits per heavy atom. The fraction of sp³-hybridized carbons (Fsp3) is 0.176. The van der Waals surface area contributed by atoms with Crippen molar-refractivity contribution in [2.75, 3.05) is 12.0 Å². The summed E-state index contributed by atoms with van der Waals surface area (Å²) in [5, 5.41) is 27.8. The second-order valence-corrected chi connectivity index (χ2v) is 8.08. The second-order valence-electron chi connectivity index (χ2n) is 6.25. The van der Waals surface area contributed by atoms with Crippen molar-refractivity contribution in [3.63, 3.8) is 0 Å². The van der Waals surface area contributed by atoms with Gasteiger partial charge in [0.1, 0.15) is 6.33 Å². The summed E-state index contributed by atoms with van der Waals surface area (Å²) in [6.45, 7) is 0. The fourth-order valence-electron chi connectivity index (χ4n) is 2.56. The molecule has 0 fully saturated rings. The summed E-state index contributed by atoms with van der Waals surface area (Å²) in [6, 6.07) is 7.75. The Kier molecular flexibility index (Phi) is 6.46. The average Bonchev–Trinajstić information content (AvgIpc) is 3.52. The predicted octanol–water partition coefficient (Wildman–Crippen LogP) is 1.14. The Bertz CT molecular complexity index is 1250. The number of nitrogens with zero attached hydrogens (tertiary/aromatic N) is 9. The van der Waals surface area contributed by atoms with E-state index in [1.807, 2.05) is 37.6 Å². The lowest BCUT2D eigenvalue weighted by atomic mass is 10.2. The van der Waals surface area contributed by atoms with Crippen molar-refractivity contribution in [3.8, 4) is 5.82 Å². The lowest BCUT2D eigenvalue weighted by Crippen LogP contribution is -2.20. The SMILES string of the molecule is CSc1ccc(/C=N\NC(=O)c2nnn(-c3nonc3N)c2CSc2nncn2C)cc1. The summed E-state index contributed by atoms with van der Waals surface area (Å²) >= 11 is 2.98. The maximum absolute atomic E-state index is 12.8. The molecule has 15 heteroatoms. The number of anilines is 1. The average molecular weight is 472 g/mol. The van der Waals surface area contributed by atoms with E-state index in [-0.39, 0.29) is 23.1 Å². The number of hydrogen-bond donors (Lipinski definition) is 2. The van der Waals surface area contributed by atoms with Crippen LogP contribution in [0.5, 0.6) is 0 Å². The molecule has 0 aliphatic heterocycles. The zero-order valence-corrected chi connectivity index (χ0v) is 18.5. The van der Waals surface area contributed by atoms with E-state index in [0.717, 1.165) is 10.5 Å². The van der Waals surface area contributed by atoms with Gasteiger partial charge in [0.15, 0.2) is 10.9 Å². The molecular formula is C17H17N11O2S2. The number of nitrogens with one attached hydrogen (secondary N) is 1. The van der Waals surface area contributed by atoms with Gasteiger partial charge in [0.2, 0.25) is 11.6 Å². The van der Waals surface area contributed by atoms with E-state index in [2.05, 4.69) is 46.0 Å². The van der Waals surface area contributed by atoms with E-state index in [9.17, 15) is 4.79 Å². The molecule has 32 heavy (non-hydrogen) atoms. The summed E-state index contributed by atoms with van der Waals surface area (Å²) in [5.41, 5.74) is 9.57. The molecule has 164 valence electrons. The number of nitrogens with two attached hydrogens (primary N) is 1. The van der Waals surface area contributed by atoms with Crippen LogP contribution in [0.25, 0.3) is 5.82 Å². The van der Waals surface area contributed by atoms with Crippen LogP contribution in [0, 0.1) is 0 Å². The highest BCUT2D eigenvalue weighted by Crippen LogP contribution is 2.24. The topological polar surface area (TPSA) is 168 Å². The molecule has 13 nitrogen and oxygen atoms in total. The molecule has 0 aliphatic rings. The van der Waals surface area contributed by atoms with Gasteiger partial charge < -0.3 is 10.3 Å². The number of aromatic nitrogens is 8. The normalized spacial score (nSPS) is 11.3. The van der Waals surface area contributed by atoms with Gasteiger partial charge >= 0.3 is 0 Å². The number of hydrogen-bond acceptors (Lipinski definition) is 12. The standard InChI is InChI=1S/C17H17N11O2S2/c1-27-9-20-23-17(27)32-8-12-13(21-26-28(12)15-14(18)24-30-25-15)16(29)22-19-7-10-3-5-11(31-2)6-4-10/h3-7,9H,8H2,1-2H3,(H2,18,24)(H,22,29)/b19-7-. The molecule has 4 aromatic rings. The van der Waals surface area contributed by atoms with Crippen LogP contribution in [0.1, 0.15) is 21.7 Å². The predicted molar refractivity (Wildman–Crippen MR) is 117 cm³/mol. The number of nitrogen functional groups attached to an aromatic ring is 1. The quantitative estimate of drug-likeness (QED) is 0.215. The third-order valence-electron chi connectivity index (χ3n) is 4.18. The molecule has 0 saturated carbocycles. The molecule has 1 amide bonds. The number of hydrazone groups is 1. The van der Waals surface area contributed by atoms with Crippen molar-refractivity contribution in [3.05, 3.63) is 47.5 Å². The van der Waals surface area contributed by atoms with E-state index in [0.29, 0.717) is 10.9 Å². The summed E-state index contributed by atoms with van der Waals surface area (Å²) in [5.74, 6) is -0.133. The van der Waals surface area contributed by atoms with Gasteiger partial charge in [-0.05, 0) is 34.3 Å². The third-order valence-corrected chi connectivity index (χ3v) is 5.97. The summed E-state index contributed by atoms with van der Waals surface area (Å²) in [6.07, 6.45) is 5.12. The second kappa shape index (κ2) is 9.61. The number of amides is 1. The first-order valence-corrected chi connectivity index (χ1v) is 11.2. The first-order valence-electron chi connectivity index (χ1n) is 9.04. The zero-order chi connectivity index (χ0) is 22.5. The van der Waals surface area contributed by atoms with Crippen LogP contribution in [0.15, 0.2) is 50.4 Å². The molecule has 0 radical (unpaired) electrons. The zero-order valence-electron chi connectivity index (χ0n) is 16.9. The number of carbonyl (C=O) groups excluding carboxylic acids is 1. The Morgan fingerprint density at radius 1 is 1.28 bits per heavy atom. The van der Waals surface area contributed by atoms with Crippen molar-refractivity contribution in [1.29, 1.82) is 0 Å². The van der Waals surface area contributed by atoms with Crippen LogP contribution < -0.4 is 11.2 Å². The molecule has 1 aromatic carbocycles. The van der Waals surface area contributed by atoms with E-state index >= 15 is 0 Å². The molecule has 0 atom stereocenters. The van der Waals surface area contributed by atoms with Gasteiger partial charge in [0.25, 0.3) is 5.91 Å². The lowest BCUT2D eigenvalue weighted by Gasteiger charge is -2.05. The van der Waals surface area contributed by atoms with Gasteiger partial charge in [-0.1, -0.05) is 29.1 Å². The Balaban J connectivity index is 1.55. The van der Waals surface area contributed by atoms with Crippen LogP contribution in [0.3, 0.4) is 0 Å². The monoisotopic (exact) mass is 471 g/mol. The number of aryl methyl sites for hydroxylation is 1. The Labute approximate surface area is 189 Å². The first-order chi connectivity index (χ1) is 15.6. The molecule has 3 N–H and O–H groups in total. The molecule has 4 rings (SSSR count). The highest BCUT2D eigenvalue weighted by molar-refractivity contribution is 7.98. The van der Waals surface area contributed by atoms with Crippen LogP contribution in [-0.2, 0) is 12.8 Å². The molecule has 0 saturated heterocycles. The maximum Gasteiger partial charge on any atom is 0.293 e. The van der Waals surface area contributed by atoms with E-state index in [4.69, 9.17) is 5.73 Å². The maximum atomic E-state index is 12.8. The minimum atomic E-state index is -0.545. The lowest BCUT2D eigenvalue weighted by molar-refractivity contribution is 0.0949. The third kappa shape index (κ3) is 4.62. The first kappa shape index (κ1) is 21.5. The van der Waals surface area contributed by atoms with Crippen molar-refractivity contribution in [2.45, 2.75) is 15.8 Å². The van der Waals surface area contributed by atoms with Crippen molar-refractivity contribution < 1.29 is 9.42 Å². The Morgan fingerprint density at radius 2 is 2.09 bits per heavy atom. The van der Waals surface area contributed by atoms with Crippen LogP contribution in [0.2, 0.25) is 0 Å². The van der Waals surface area contributed by atoms with Crippen LogP contribution in [0.4, 0.5) is 5.82 Å². The number of carbonyl (C=O) groups is 1. The van der Waals surface area contributed by atoms with Crippen molar-refractivity contribution >= 4 is 41.5 Å². The summed E-state index contributed by atoms with van der Waals surface area (Å²) in [7, 11) is 1.81. The van der Waals surface area contributed by atoms with Gasteiger partial charge in [-0.2, -0.15) is 9.78 Å². The van der Waals surface area contributed by atoms with Gasteiger partial charge in [0, 0.05) is 17.7 Å². The van der Waals surface area contributed by atoms with Crippen LogP contribution >= 0.6 is 23.5 Å². The van der Waals surface area contributed by atoms with E-state index in [1.54, 1.807) is 28.9 Å². The van der Waals surface area contributed by atoms with Gasteiger partial charge in [-0.15, -0.1) is 27.1 Å². The molecule has 3 heterocycles. The largest absolute Gasteiger partial charge is 0.378 e. The number of benzene rings is 1. The van der Waals surface area contributed by atoms with Crippen LogP contribution in [-0.4, -0.2) is 58.4 Å². The fourth-order valence-corrected chi connectivity index (χ4v) is 3.85. The highest BCUT2D eigenvalue weighted by atomic mass is 32.2. The molecule has 0 unspecified atom stereocenters. The van der Waals surface area contributed by atoms with Gasteiger partial charge in [0.05, 0.1) is 11.9 Å². The molecular weight excluding hydrogens is 454 g/mol. The molecule has 0 spiro atoms. The number of rotatable bonds is 8. The minimum absolute atomic E-state index is 0.0125. The summed E-state index contributed by atoms with van der Waals surface area (Å²) in [4.78, 5) is 13.9. The van der Waals surface area contributed by atoms with E-state index in [1.165, 1.54) is 16.4 Å². The van der Waals surface area contributed by atoms with Gasteiger partial charge in [-0.25, -0.2) is 10.1 Å². The molecule has 3 aromatic heterocycles. The smallest absolute Gasteiger partial charge is 0.293 e. The van der Waals surface area contributed by atoms with Gasteiger partial charge in [-0.3, -0.25) is 4.79 Å². The highest BCUT2D eigenvalue weighted by Gasteiger charge is 2.24.